The van der Waals surface area contributed by atoms with Crippen molar-refractivity contribution in [3.63, 3.8) is 0 Å². The van der Waals surface area contributed by atoms with Crippen molar-refractivity contribution in [3.05, 3.63) is 39.9 Å². The second-order valence-corrected chi connectivity index (χ2v) is 9.20. The van der Waals surface area contributed by atoms with Crippen LogP contribution < -0.4 is 20.5 Å². The molecular weight excluding hydrogens is 554 g/mol. The Morgan fingerprint density at radius 2 is 2.00 bits per heavy atom. The van der Waals surface area contributed by atoms with Gasteiger partial charge in [-0.05, 0) is 6.07 Å². The zero-order valence-corrected chi connectivity index (χ0v) is 20.9. The number of anilines is 2. The summed E-state index contributed by atoms with van der Waals surface area (Å²) in [5.74, 6) is 0.0747. The lowest BCUT2D eigenvalue weighted by atomic mass is 10.1. The summed E-state index contributed by atoms with van der Waals surface area (Å²) in [6.07, 6.45) is -7.57. The smallest absolute Gasteiger partial charge is 0.423 e. The Kier molecular flexibility index (Phi) is 8.72. The maximum absolute atomic E-state index is 13.2. The number of pyridine rings is 1. The molecule has 1 saturated heterocycles. The van der Waals surface area contributed by atoms with E-state index in [0.29, 0.717) is 19.5 Å². The van der Waals surface area contributed by atoms with Crippen molar-refractivity contribution in [2.45, 2.75) is 37.3 Å². The third kappa shape index (κ3) is 6.75. The van der Waals surface area contributed by atoms with Crippen LogP contribution in [0.25, 0.3) is 0 Å². The Morgan fingerprint density at radius 3 is 2.70 bits per heavy atom. The number of alkyl halides is 6. The Bertz CT molecular complexity index is 1260. The molecule has 220 valence electrons. The van der Waals surface area contributed by atoms with Gasteiger partial charge in [-0.2, -0.15) is 31.4 Å². The van der Waals surface area contributed by atoms with Crippen LogP contribution in [0.3, 0.4) is 0 Å². The van der Waals surface area contributed by atoms with Crippen molar-refractivity contribution in [1.82, 2.24) is 20.1 Å². The summed E-state index contributed by atoms with van der Waals surface area (Å²) in [4.78, 5) is 31.8. The predicted molar refractivity (Wildman–Crippen MR) is 127 cm³/mol. The molecule has 2 atom stereocenters. The number of ether oxygens (including phenoxy) is 2. The van der Waals surface area contributed by atoms with Crippen LogP contribution in [0.5, 0.6) is 5.75 Å². The van der Waals surface area contributed by atoms with Gasteiger partial charge in [0.15, 0.2) is 11.6 Å². The number of piperazine rings is 1. The third-order valence-corrected chi connectivity index (χ3v) is 6.48. The first kappa shape index (κ1) is 29.4. The molecule has 1 amide bonds. The average molecular weight is 580 g/mol. The number of aromatic nitrogens is 3. The first-order valence-electron chi connectivity index (χ1n) is 12.2. The molecule has 2 aliphatic rings. The lowest BCUT2D eigenvalue weighted by molar-refractivity contribution is -0.138. The molecule has 0 spiro atoms. The number of hydrogen-bond donors (Lipinski definition) is 3. The van der Waals surface area contributed by atoms with Crippen molar-refractivity contribution in [2.75, 3.05) is 56.3 Å². The fraction of sp³-hybridized carbons (Fsp3) is 0.565. The molecule has 2 aromatic rings. The molecule has 0 aromatic carbocycles. The molecule has 2 unspecified atom stereocenters. The number of halogens is 6. The lowest BCUT2D eigenvalue weighted by Gasteiger charge is -2.41. The summed E-state index contributed by atoms with van der Waals surface area (Å²) in [7, 11) is 0. The van der Waals surface area contributed by atoms with Gasteiger partial charge in [0.2, 0.25) is 5.91 Å². The minimum absolute atomic E-state index is 0.0378. The SMILES string of the molecule is O=C(CCOCC(CO)Nc1cn[nH]c(=O)c1C(F)(F)F)N1CCN2c3ncc(C(F)(F)F)cc3OCCC2C1. The van der Waals surface area contributed by atoms with Gasteiger partial charge in [-0.3, -0.25) is 9.59 Å². The molecule has 1 fully saturated rings. The van der Waals surface area contributed by atoms with Gasteiger partial charge in [0, 0.05) is 32.3 Å². The largest absolute Gasteiger partial charge is 0.490 e. The first-order valence-corrected chi connectivity index (χ1v) is 12.2. The topological polar surface area (TPSA) is 133 Å². The summed E-state index contributed by atoms with van der Waals surface area (Å²) in [6, 6.07) is -0.318. The maximum Gasteiger partial charge on any atom is 0.423 e. The average Bonchev–Trinajstić information content (AvgIpc) is 3.07. The molecule has 2 aromatic heterocycles. The van der Waals surface area contributed by atoms with Crippen molar-refractivity contribution in [1.29, 1.82) is 0 Å². The van der Waals surface area contributed by atoms with Crippen molar-refractivity contribution >= 4 is 17.4 Å². The highest BCUT2D eigenvalue weighted by Crippen LogP contribution is 2.38. The summed E-state index contributed by atoms with van der Waals surface area (Å²) < 4.78 is 89.7. The van der Waals surface area contributed by atoms with E-state index >= 15 is 0 Å². The highest BCUT2D eigenvalue weighted by molar-refractivity contribution is 5.76. The fourth-order valence-corrected chi connectivity index (χ4v) is 4.52. The Morgan fingerprint density at radius 1 is 1.23 bits per heavy atom. The maximum atomic E-state index is 13.2. The van der Waals surface area contributed by atoms with Crippen LogP contribution in [0.15, 0.2) is 23.3 Å². The Balaban J connectivity index is 1.28. The molecule has 0 bridgehead atoms. The molecular formula is C23H26F6N6O5. The van der Waals surface area contributed by atoms with E-state index < -0.39 is 47.4 Å². The van der Waals surface area contributed by atoms with Gasteiger partial charge in [0.1, 0.15) is 5.56 Å². The number of amides is 1. The molecule has 4 heterocycles. The number of fused-ring (bicyclic) bond motifs is 3. The summed E-state index contributed by atoms with van der Waals surface area (Å²) in [5, 5.41) is 17.0. The van der Waals surface area contributed by atoms with Gasteiger partial charge < -0.3 is 29.7 Å². The number of H-pyrrole nitrogens is 1. The van der Waals surface area contributed by atoms with Crippen LogP contribution in [0.2, 0.25) is 0 Å². The molecule has 0 aliphatic carbocycles. The molecule has 40 heavy (non-hydrogen) atoms. The van der Waals surface area contributed by atoms with Gasteiger partial charge in [-0.15, -0.1) is 0 Å². The standard InChI is InChI=1S/C23H26F6N6O5/c24-22(25,26)13-7-17-20(30-8-13)35-4-3-34(10-15(35)1-6-40-17)18(37)2-5-39-12-14(11-36)32-16-9-31-33-21(38)19(16)23(27,28)29/h7-9,14-15,36H,1-6,10-12H2,(H2,32,33,38). The van der Waals surface area contributed by atoms with Crippen LogP contribution in [0.4, 0.5) is 37.8 Å². The van der Waals surface area contributed by atoms with Crippen LogP contribution >= 0.6 is 0 Å². The quantitative estimate of drug-likeness (QED) is 0.316. The highest BCUT2D eigenvalue weighted by Gasteiger charge is 2.38. The Labute approximate surface area is 223 Å². The number of aromatic amines is 1. The zero-order valence-electron chi connectivity index (χ0n) is 20.9. The highest BCUT2D eigenvalue weighted by atomic mass is 19.4. The number of rotatable bonds is 8. The third-order valence-electron chi connectivity index (χ3n) is 6.48. The summed E-state index contributed by atoms with van der Waals surface area (Å²) in [6.45, 7) is 0.0864. The first-order chi connectivity index (χ1) is 18.9. The van der Waals surface area contributed by atoms with Crippen molar-refractivity contribution in [3.8, 4) is 5.75 Å². The lowest BCUT2D eigenvalue weighted by Crippen LogP contribution is -2.55. The summed E-state index contributed by atoms with van der Waals surface area (Å²) in [5.41, 5.74) is -4.46. The monoisotopic (exact) mass is 580 g/mol. The van der Waals surface area contributed by atoms with Gasteiger partial charge in [-0.25, -0.2) is 10.1 Å². The normalized spacial score (nSPS) is 18.3. The number of nitrogens with zero attached hydrogens (tertiary/aromatic N) is 4. The minimum Gasteiger partial charge on any atom is -0.490 e. The number of aliphatic hydroxyl groups excluding tert-OH is 1. The van der Waals surface area contributed by atoms with Gasteiger partial charge in [0.25, 0.3) is 5.56 Å². The van der Waals surface area contributed by atoms with Crippen LogP contribution in [-0.4, -0.2) is 89.2 Å². The second-order valence-electron chi connectivity index (χ2n) is 9.20. The van der Waals surface area contributed by atoms with E-state index in [1.54, 1.807) is 10.00 Å². The van der Waals surface area contributed by atoms with E-state index in [2.05, 4.69) is 15.4 Å². The van der Waals surface area contributed by atoms with E-state index in [4.69, 9.17) is 9.47 Å². The minimum atomic E-state index is -4.95. The number of hydrogen-bond acceptors (Lipinski definition) is 9. The van der Waals surface area contributed by atoms with E-state index in [1.807, 2.05) is 4.90 Å². The molecule has 17 heteroatoms. The van der Waals surface area contributed by atoms with E-state index in [-0.39, 0.29) is 56.3 Å². The van der Waals surface area contributed by atoms with Gasteiger partial charge in [0.05, 0.1) is 62.4 Å². The van der Waals surface area contributed by atoms with Crippen molar-refractivity contribution < 1.29 is 45.7 Å². The molecule has 11 nitrogen and oxygen atoms in total. The van der Waals surface area contributed by atoms with Crippen LogP contribution in [0, 0.1) is 0 Å². The number of nitrogens with one attached hydrogen (secondary N) is 2. The van der Waals surface area contributed by atoms with E-state index in [0.717, 1.165) is 18.5 Å². The molecule has 2 aliphatic heterocycles. The molecule has 0 saturated carbocycles. The van der Waals surface area contributed by atoms with E-state index in [9.17, 15) is 41.0 Å². The van der Waals surface area contributed by atoms with Crippen LogP contribution in [0.1, 0.15) is 24.0 Å². The van der Waals surface area contributed by atoms with E-state index in [1.165, 1.54) is 0 Å². The second kappa shape index (κ2) is 11.9. The van der Waals surface area contributed by atoms with Gasteiger partial charge in [-0.1, -0.05) is 0 Å². The predicted octanol–water partition coefficient (Wildman–Crippen LogP) is 1.88. The molecule has 3 N–H and O–H groups in total. The molecule has 4 rings (SSSR count). The summed E-state index contributed by atoms with van der Waals surface area (Å²) >= 11 is 0. The Hall–Kier alpha value is -3.60. The fourth-order valence-electron chi connectivity index (χ4n) is 4.52. The van der Waals surface area contributed by atoms with Gasteiger partial charge >= 0.3 is 12.4 Å². The number of aliphatic hydroxyl groups is 1. The number of carbonyl (C=O) groups is 1. The number of carbonyl (C=O) groups excluding carboxylic acids is 1. The van der Waals surface area contributed by atoms with Crippen molar-refractivity contribution in [2.24, 2.45) is 0 Å². The zero-order chi connectivity index (χ0) is 29.1. The van der Waals surface area contributed by atoms with Crippen LogP contribution in [-0.2, 0) is 21.9 Å². The molecule has 0 radical (unpaired) electrons.